The first-order valence-corrected chi connectivity index (χ1v) is 8.88. The fraction of sp³-hybridized carbons (Fsp3) is 0.333. The first kappa shape index (κ1) is 20.3. The number of hydrogen-bond donors (Lipinski definition) is 2. The number of ether oxygens (including phenoxy) is 2. The Kier molecular flexibility index (Phi) is 7.67. The predicted molar refractivity (Wildman–Crippen MR) is 103 cm³/mol. The molecule has 2 aromatic rings. The first-order valence-electron chi connectivity index (χ1n) is 8.88. The zero-order chi connectivity index (χ0) is 19.6. The number of amides is 1. The summed E-state index contributed by atoms with van der Waals surface area (Å²) >= 11 is 0. The van der Waals surface area contributed by atoms with Crippen molar-refractivity contribution in [2.45, 2.75) is 26.7 Å². The SMILES string of the molecule is CC(C)COc1cccc(OCC(=O)Nc2cccc(CCC(=O)O)c2)c1. The van der Waals surface area contributed by atoms with E-state index in [-0.39, 0.29) is 18.9 Å². The van der Waals surface area contributed by atoms with Crippen LogP contribution in [0.2, 0.25) is 0 Å². The van der Waals surface area contributed by atoms with Crippen LogP contribution >= 0.6 is 0 Å². The average molecular weight is 371 g/mol. The van der Waals surface area contributed by atoms with Crippen molar-refractivity contribution in [3.05, 3.63) is 54.1 Å². The van der Waals surface area contributed by atoms with Gasteiger partial charge in [0.05, 0.1) is 6.61 Å². The highest BCUT2D eigenvalue weighted by molar-refractivity contribution is 5.91. The quantitative estimate of drug-likeness (QED) is 0.664. The largest absolute Gasteiger partial charge is 0.493 e. The molecular formula is C21H25NO5. The van der Waals surface area contributed by atoms with E-state index in [1.54, 1.807) is 30.3 Å². The molecule has 27 heavy (non-hydrogen) atoms. The van der Waals surface area contributed by atoms with Crippen LogP contribution in [0, 0.1) is 5.92 Å². The third kappa shape index (κ3) is 7.81. The molecule has 6 heteroatoms. The lowest BCUT2D eigenvalue weighted by Gasteiger charge is -2.11. The Hall–Kier alpha value is -3.02. The Labute approximate surface area is 159 Å². The number of rotatable bonds is 10. The van der Waals surface area contributed by atoms with Crippen LogP contribution in [0.25, 0.3) is 0 Å². The van der Waals surface area contributed by atoms with Crippen LogP contribution in [0.15, 0.2) is 48.5 Å². The lowest BCUT2D eigenvalue weighted by atomic mass is 10.1. The van der Waals surface area contributed by atoms with Crippen LogP contribution in [-0.2, 0) is 16.0 Å². The Morgan fingerprint density at radius 2 is 1.74 bits per heavy atom. The van der Waals surface area contributed by atoms with E-state index in [4.69, 9.17) is 14.6 Å². The van der Waals surface area contributed by atoms with Crippen LogP contribution in [0.1, 0.15) is 25.8 Å². The number of aryl methyl sites for hydroxylation is 1. The van der Waals surface area contributed by atoms with Gasteiger partial charge in [-0.2, -0.15) is 0 Å². The molecule has 0 radical (unpaired) electrons. The molecule has 2 N–H and O–H groups in total. The van der Waals surface area contributed by atoms with Crippen molar-refractivity contribution in [3.63, 3.8) is 0 Å². The number of carbonyl (C=O) groups is 2. The molecule has 0 aliphatic heterocycles. The summed E-state index contributed by atoms with van der Waals surface area (Å²) in [6.07, 6.45) is 0.467. The van der Waals surface area contributed by atoms with E-state index in [1.807, 2.05) is 18.2 Å². The van der Waals surface area contributed by atoms with Crippen LogP contribution in [0.3, 0.4) is 0 Å². The van der Waals surface area contributed by atoms with Gasteiger partial charge in [-0.3, -0.25) is 9.59 Å². The number of anilines is 1. The highest BCUT2D eigenvalue weighted by Gasteiger charge is 2.06. The fourth-order valence-electron chi connectivity index (χ4n) is 2.32. The molecule has 0 heterocycles. The van der Waals surface area contributed by atoms with E-state index < -0.39 is 5.97 Å². The second kappa shape index (κ2) is 10.2. The van der Waals surface area contributed by atoms with Gasteiger partial charge in [-0.1, -0.05) is 32.0 Å². The van der Waals surface area contributed by atoms with E-state index in [0.717, 1.165) is 5.56 Å². The summed E-state index contributed by atoms with van der Waals surface area (Å²) in [7, 11) is 0. The van der Waals surface area contributed by atoms with Gasteiger partial charge < -0.3 is 19.9 Å². The van der Waals surface area contributed by atoms with E-state index in [2.05, 4.69) is 19.2 Å². The van der Waals surface area contributed by atoms with Gasteiger partial charge >= 0.3 is 5.97 Å². The maximum Gasteiger partial charge on any atom is 0.303 e. The van der Waals surface area contributed by atoms with Gasteiger partial charge in [0, 0.05) is 18.2 Å². The number of benzene rings is 2. The summed E-state index contributed by atoms with van der Waals surface area (Å²) in [5, 5.41) is 11.5. The lowest BCUT2D eigenvalue weighted by Crippen LogP contribution is -2.20. The molecule has 0 aliphatic rings. The van der Waals surface area contributed by atoms with Crippen molar-refractivity contribution < 1.29 is 24.2 Å². The highest BCUT2D eigenvalue weighted by atomic mass is 16.5. The Morgan fingerprint density at radius 1 is 1.04 bits per heavy atom. The van der Waals surface area contributed by atoms with Gasteiger partial charge in [-0.25, -0.2) is 0 Å². The summed E-state index contributed by atoms with van der Waals surface area (Å²) in [6, 6.07) is 14.3. The normalized spacial score (nSPS) is 10.5. The summed E-state index contributed by atoms with van der Waals surface area (Å²) in [4.78, 5) is 22.8. The number of carbonyl (C=O) groups excluding carboxylic acids is 1. The summed E-state index contributed by atoms with van der Waals surface area (Å²) in [6.45, 7) is 4.62. The van der Waals surface area contributed by atoms with E-state index >= 15 is 0 Å². The number of carboxylic acids is 1. The maximum absolute atomic E-state index is 12.1. The number of hydrogen-bond acceptors (Lipinski definition) is 4. The van der Waals surface area contributed by atoms with Gasteiger partial charge in [0.15, 0.2) is 6.61 Å². The third-order valence-electron chi connectivity index (χ3n) is 3.60. The minimum atomic E-state index is -0.850. The van der Waals surface area contributed by atoms with Crippen molar-refractivity contribution >= 4 is 17.6 Å². The summed E-state index contributed by atoms with van der Waals surface area (Å²) in [5.74, 6) is 0.539. The molecule has 0 aromatic heterocycles. The number of nitrogens with one attached hydrogen (secondary N) is 1. The molecule has 1 amide bonds. The molecule has 144 valence electrons. The van der Waals surface area contributed by atoms with Crippen LogP contribution in [0.5, 0.6) is 11.5 Å². The molecule has 0 saturated heterocycles. The van der Waals surface area contributed by atoms with Gasteiger partial charge in [-0.15, -0.1) is 0 Å². The minimum absolute atomic E-state index is 0.0513. The van der Waals surface area contributed by atoms with Crippen LogP contribution < -0.4 is 14.8 Å². The van der Waals surface area contributed by atoms with Crippen molar-refractivity contribution in [2.24, 2.45) is 5.92 Å². The summed E-state index contributed by atoms with van der Waals surface area (Å²) in [5.41, 5.74) is 1.46. The molecule has 0 bridgehead atoms. The second-order valence-corrected chi connectivity index (χ2v) is 6.61. The second-order valence-electron chi connectivity index (χ2n) is 6.61. The van der Waals surface area contributed by atoms with Crippen molar-refractivity contribution in [3.8, 4) is 11.5 Å². The molecule has 6 nitrogen and oxygen atoms in total. The Balaban J connectivity index is 1.85. The van der Waals surface area contributed by atoms with Crippen molar-refractivity contribution in [1.29, 1.82) is 0 Å². The zero-order valence-electron chi connectivity index (χ0n) is 15.6. The van der Waals surface area contributed by atoms with E-state index in [0.29, 0.717) is 36.1 Å². The van der Waals surface area contributed by atoms with Gasteiger partial charge in [0.2, 0.25) is 0 Å². The molecule has 2 aromatic carbocycles. The maximum atomic E-state index is 12.1. The van der Waals surface area contributed by atoms with Crippen molar-refractivity contribution in [1.82, 2.24) is 0 Å². The predicted octanol–water partition coefficient (Wildman–Crippen LogP) is 3.76. The van der Waals surface area contributed by atoms with E-state index in [9.17, 15) is 9.59 Å². The highest BCUT2D eigenvalue weighted by Crippen LogP contribution is 2.20. The third-order valence-corrected chi connectivity index (χ3v) is 3.60. The van der Waals surface area contributed by atoms with Crippen LogP contribution in [0.4, 0.5) is 5.69 Å². The molecule has 0 saturated carbocycles. The zero-order valence-corrected chi connectivity index (χ0v) is 15.6. The molecule has 0 aliphatic carbocycles. The fourth-order valence-corrected chi connectivity index (χ4v) is 2.32. The smallest absolute Gasteiger partial charge is 0.303 e. The van der Waals surface area contributed by atoms with Gasteiger partial charge in [0.25, 0.3) is 5.91 Å². The molecule has 0 atom stereocenters. The molecular weight excluding hydrogens is 346 g/mol. The number of carboxylic acid groups (broad SMARTS) is 1. The standard InChI is InChI=1S/C21H25NO5/c1-15(2)13-26-18-7-4-8-19(12-18)27-14-20(23)22-17-6-3-5-16(11-17)9-10-21(24)25/h3-8,11-12,15H,9-10,13-14H2,1-2H3,(H,22,23)(H,24,25). The average Bonchev–Trinajstić information content (AvgIpc) is 2.64. The molecule has 0 unspecified atom stereocenters. The molecule has 0 fully saturated rings. The summed E-state index contributed by atoms with van der Waals surface area (Å²) < 4.78 is 11.2. The number of aliphatic carboxylic acids is 1. The first-order chi connectivity index (χ1) is 12.9. The lowest BCUT2D eigenvalue weighted by molar-refractivity contribution is -0.137. The van der Waals surface area contributed by atoms with Crippen LogP contribution in [-0.4, -0.2) is 30.2 Å². The Bertz CT molecular complexity index is 773. The van der Waals surface area contributed by atoms with E-state index in [1.165, 1.54) is 0 Å². The minimum Gasteiger partial charge on any atom is -0.493 e. The van der Waals surface area contributed by atoms with Gasteiger partial charge in [0.1, 0.15) is 11.5 Å². The van der Waals surface area contributed by atoms with Crippen molar-refractivity contribution in [2.75, 3.05) is 18.5 Å². The topological polar surface area (TPSA) is 84.9 Å². The molecule has 2 rings (SSSR count). The molecule has 0 spiro atoms. The Morgan fingerprint density at radius 3 is 2.44 bits per heavy atom. The van der Waals surface area contributed by atoms with Gasteiger partial charge in [-0.05, 0) is 42.2 Å². The monoisotopic (exact) mass is 371 g/mol.